The largest absolute Gasteiger partial charge is 0.456 e. The van der Waals surface area contributed by atoms with Crippen molar-refractivity contribution in [3.05, 3.63) is 212 Å². The predicted octanol–water partition coefficient (Wildman–Crippen LogP) is 14.9. The van der Waals surface area contributed by atoms with Crippen molar-refractivity contribution in [3.63, 3.8) is 0 Å². The van der Waals surface area contributed by atoms with E-state index in [4.69, 9.17) is 4.42 Å². The fourth-order valence-corrected chi connectivity index (χ4v) is 7.76. The van der Waals surface area contributed by atoms with Gasteiger partial charge in [-0.25, -0.2) is 0 Å². The Kier molecular flexibility index (Phi) is 7.85. The van der Waals surface area contributed by atoms with E-state index in [9.17, 15) is 0 Å². The summed E-state index contributed by atoms with van der Waals surface area (Å²) in [5, 5.41) is 6.04. The average molecular weight is 690 g/mol. The van der Waals surface area contributed by atoms with Crippen molar-refractivity contribution in [1.29, 1.82) is 0 Å². The molecule has 1 heterocycles. The Bertz CT molecular complexity index is 2890. The van der Waals surface area contributed by atoms with Crippen LogP contribution in [0.15, 0.2) is 217 Å². The van der Waals surface area contributed by atoms with Crippen molar-refractivity contribution in [2.75, 3.05) is 4.90 Å². The lowest BCUT2D eigenvalue weighted by molar-refractivity contribution is 0.631. The van der Waals surface area contributed by atoms with Gasteiger partial charge in [0.25, 0.3) is 0 Å². The lowest BCUT2D eigenvalue weighted by Crippen LogP contribution is -2.10. The second kappa shape index (κ2) is 13.4. The van der Waals surface area contributed by atoms with Crippen molar-refractivity contribution in [3.8, 4) is 44.7 Å². The van der Waals surface area contributed by atoms with Crippen LogP contribution in [0, 0.1) is 0 Å². The average Bonchev–Trinajstić information content (AvgIpc) is 3.69. The smallest absolute Gasteiger partial charge is 0.135 e. The molecule has 0 atom stereocenters. The number of para-hydroxylation sites is 1. The van der Waals surface area contributed by atoms with Crippen LogP contribution in [0.25, 0.3) is 77.2 Å². The van der Waals surface area contributed by atoms with Gasteiger partial charge < -0.3 is 9.32 Å². The van der Waals surface area contributed by atoms with E-state index in [-0.39, 0.29) is 0 Å². The minimum atomic E-state index is 0.875. The van der Waals surface area contributed by atoms with Gasteiger partial charge in [-0.1, -0.05) is 158 Å². The van der Waals surface area contributed by atoms with Gasteiger partial charge in [0.15, 0.2) is 0 Å². The van der Waals surface area contributed by atoms with E-state index in [1.54, 1.807) is 0 Å². The van der Waals surface area contributed by atoms with Crippen LogP contribution in [0.1, 0.15) is 0 Å². The van der Waals surface area contributed by atoms with Crippen molar-refractivity contribution < 1.29 is 4.42 Å². The molecule has 54 heavy (non-hydrogen) atoms. The molecule has 0 unspecified atom stereocenters. The molecular formula is C52H35NO. The van der Waals surface area contributed by atoms with Gasteiger partial charge in [-0.2, -0.15) is 0 Å². The summed E-state index contributed by atoms with van der Waals surface area (Å²) < 4.78 is 6.20. The first-order valence-corrected chi connectivity index (χ1v) is 18.4. The van der Waals surface area contributed by atoms with E-state index in [2.05, 4.69) is 199 Å². The van der Waals surface area contributed by atoms with Crippen molar-refractivity contribution in [2.45, 2.75) is 0 Å². The standard InChI is InChI=1S/C52H35NO/c1-4-20-47-38(11-1)14-9-22-48(47)42-18-7-16-40(33-42)36-25-29-45(30-26-36)53(50-23-10-15-39-12-2-5-21-49(39)50)46-31-27-37(28-32-46)41-17-8-19-43(34-41)52-35-44-13-3-6-24-51(44)54-52/h1-35H. The predicted molar refractivity (Wildman–Crippen MR) is 228 cm³/mol. The molecule has 0 saturated carbocycles. The minimum Gasteiger partial charge on any atom is -0.456 e. The molecule has 0 N–H and O–H groups in total. The molecule has 0 aliphatic heterocycles. The van der Waals surface area contributed by atoms with Crippen molar-refractivity contribution >= 4 is 49.6 Å². The molecular weight excluding hydrogens is 655 g/mol. The number of nitrogens with zero attached hydrogens (tertiary/aromatic N) is 1. The Morgan fingerprint density at radius 1 is 0.315 bits per heavy atom. The van der Waals surface area contributed by atoms with E-state index >= 15 is 0 Å². The third-order valence-electron chi connectivity index (χ3n) is 10.5. The van der Waals surface area contributed by atoms with Gasteiger partial charge >= 0.3 is 0 Å². The van der Waals surface area contributed by atoms with Gasteiger partial charge in [-0.3, -0.25) is 0 Å². The highest BCUT2D eigenvalue weighted by Gasteiger charge is 2.16. The van der Waals surface area contributed by atoms with Crippen molar-refractivity contribution in [1.82, 2.24) is 0 Å². The van der Waals surface area contributed by atoms with Crippen LogP contribution >= 0.6 is 0 Å². The fourth-order valence-electron chi connectivity index (χ4n) is 7.76. The monoisotopic (exact) mass is 689 g/mol. The number of furan rings is 1. The van der Waals surface area contributed by atoms with Crippen LogP contribution in [0.2, 0.25) is 0 Å². The molecule has 0 fully saturated rings. The van der Waals surface area contributed by atoms with Crippen LogP contribution in [-0.2, 0) is 0 Å². The Hall–Kier alpha value is -7.16. The molecule has 0 aliphatic rings. The molecule has 0 bridgehead atoms. The zero-order chi connectivity index (χ0) is 35.8. The van der Waals surface area contributed by atoms with E-state index in [0.29, 0.717) is 0 Å². The number of benzene rings is 9. The normalized spacial score (nSPS) is 11.3. The van der Waals surface area contributed by atoms with Crippen LogP contribution < -0.4 is 4.90 Å². The summed E-state index contributed by atoms with van der Waals surface area (Å²) in [5.41, 5.74) is 12.4. The maximum absolute atomic E-state index is 6.20. The summed E-state index contributed by atoms with van der Waals surface area (Å²) in [6.45, 7) is 0. The molecule has 10 aromatic rings. The number of fused-ring (bicyclic) bond motifs is 3. The van der Waals surface area contributed by atoms with Crippen LogP contribution in [0.5, 0.6) is 0 Å². The fraction of sp³-hybridized carbons (Fsp3) is 0. The Morgan fingerprint density at radius 2 is 0.815 bits per heavy atom. The third kappa shape index (κ3) is 5.81. The van der Waals surface area contributed by atoms with Crippen LogP contribution in [-0.4, -0.2) is 0 Å². The van der Waals surface area contributed by atoms with Gasteiger partial charge in [-0.15, -0.1) is 0 Å². The maximum Gasteiger partial charge on any atom is 0.135 e. The zero-order valence-corrected chi connectivity index (χ0v) is 29.6. The van der Waals surface area contributed by atoms with Crippen LogP contribution in [0.4, 0.5) is 17.1 Å². The molecule has 0 amide bonds. The topological polar surface area (TPSA) is 16.4 Å². The first kappa shape index (κ1) is 31.6. The van der Waals surface area contributed by atoms with Crippen LogP contribution in [0.3, 0.4) is 0 Å². The molecule has 254 valence electrons. The number of hydrogen-bond acceptors (Lipinski definition) is 2. The molecule has 0 radical (unpaired) electrons. The zero-order valence-electron chi connectivity index (χ0n) is 29.6. The number of hydrogen-bond donors (Lipinski definition) is 0. The summed E-state index contributed by atoms with van der Waals surface area (Å²) in [6, 6.07) is 75.9. The minimum absolute atomic E-state index is 0.875. The molecule has 0 aliphatic carbocycles. The molecule has 9 aromatic carbocycles. The highest BCUT2D eigenvalue weighted by Crippen LogP contribution is 2.41. The first-order chi connectivity index (χ1) is 26.7. The van der Waals surface area contributed by atoms with Gasteiger partial charge in [0.1, 0.15) is 11.3 Å². The lowest BCUT2D eigenvalue weighted by Gasteiger charge is -2.27. The number of rotatable bonds is 7. The van der Waals surface area contributed by atoms with Gasteiger partial charge in [-0.05, 0) is 104 Å². The Morgan fingerprint density at radius 3 is 1.50 bits per heavy atom. The lowest BCUT2D eigenvalue weighted by atomic mass is 9.95. The Labute approximate surface area is 314 Å². The summed E-state index contributed by atoms with van der Waals surface area (Å²) in [5.74, 6) is 0.875. The van der Waals surface area contributed by atoms with Gasteiger partial charge in [0.2, 0.25) is 0 Å². The SMILES string of the molecule is c1cc(-c2ccc(N(c3ccc(-c4cccc(-c5cccc6ccccc56)c4)cc3)c3cccc4ccccc34)cc2)cc(-c2cc3ccccc3o2)c1. The molecule has 2 nitrogen and oxygen atoms in total. The Balaban J connectivity index is 1.01. The molecule has 1 aromatic heterocycles. The summed E-state index contributed by atoms with van der Waals surface area (Å²) in [7, 11) is 0. The van der Waals surface area contributed by atoms with Gasteiger partial charge in [0, 0.05) is 27.7 Å². The van der Waals surface area contributed by atoms with E-state index in [1.165, 1.54) is 43.8 Å². The summed E-state index contributed by atoms with van der Waals surface area (Å²) >= 11 is 0. The summed E-state index contributed by atoms with van der Waals surface area (Å²) in [6.07, 6.45) is 0. The number of anilines is 3. The maximum atomic E-state index is 6.20. The molecule has 0 saturated heterocycles. The summed E-state index contributed by atoms with van der Waals surface area (Å²) in [4.78, 5) is 2.37. The first-order valence-electron chi connectivity index (χ1n) is 18.4. The molecule has 2 heteroatoms. The highest BCUT2D eigenvalue weighted by molar-refractivity contribution is 6.00. The second-order valence-electron chi connectivity index (χ2n) is 13.8. The molecule has 10 rings (SSSR count). The molecule has 0 spiro atoms. The quantitative estimate of drug-likeness (QED) is 0.166. The second-order valence-corrected chi connectivity index (χ2v) is 13.8. The highest BCUT2D eigenvalue weighted by atomic mass is 16.3. The van der Waals surface area contributed by atoms with Crippen molar-refractivity contribution in [2.24, 2.45) is 0 Å². The third-order valence-corrected chi connectivity index (χ3v) is 10.5. The van der Waals surface area contributed by atoms with Gasteiger partial charge in [0.05, 0.1) is 5.69 Å². The van der Waals surface area contributed by atoms with E-state index in [0.717, 1.165) is 50.5 Å². The van der Waals surface area contributed by atoms with E-state index in [1.807, 2.05) is 18.2 Å². The van der Waals surface area contributed by atoms with E-state index < -0.39 is 0 Å².